The first-order chi connectivity index (χ1) is 16.3. The first-order valence-electron chi connectivity index (χ1n) is 9.92. The Bertz CT molecular complexity index is 1220. The number of nitrogens with two attached hydrogens (primary N) is 1. The molecule has 2 aliphatic rings. The monoisotopic (exact) mass is 548 g/mol. The van der Waals surface area contributed by atoms with Crippen molar-refractivity contribution in [3.8, 4) is 0 Å². The fourth-order valence-corrected chi connectivity index (χ4v) is 6.11. The zero-order valence-corrected chi connectivity index (χ0v) is 23.1. The summed E-state index contributed by atoms with van der Waals surface area (Å²) in [6.07, 6.45) is 0.813. The SMILES string of the molecule is Cc1csc(SC2=C(C(=O)O)N3C(=O)[C@@H](N=C([O-])/C(=N/OCCF)c4csc(N)n4)[C@H]3CC2)n1.[Na+]. The van der Waals surface area contributed by atoms with Crippen LogP contribution in [0, 0.1) is 6.92 Å². The smallest absolute Gasteiger partial charge is 0.857 e. The quantitative estimate of drug-likeness (QED) is 0.0937. The molecule has 2 aromatic heterocycles. The fraction of sp³-hybridized carbons (Fsp3) is 0.368. The van der Waals surface area contributed by atoms with Crippen LogP contribution in [0.25, 0.3) is 0 Å². The number of hydrogen-bond acceptors (Lipinski definition) is 12. The van der Waals surface area contributed by atoms with E-state index in [0.29, 0.717) is 22.1 Å². The van der Waals surface area contributed by atoms with Gasteiger partial charge >= 0.3 is 35.5 Å². The van der Waals surface area contributed by atoms with Crippen molar-refractivity contribution in [3.63, 3.8) is 0 Å². The minimum atomic E-state index is -1.24. The number of aryl methyl sites for hydroxylation is 1. The molecule has 4 heterocycles. The molecule has 35 heavy (non-hydrogen) atoms. The average Bonchev–Trinajstić information content (AvgIpc) is 3.42. The number of allylic oxidation sites excluding steroid dienone is 1. The molecule has 2 aliphatic heterocycles. The van der Waals surface area contributed by atoms with Gasteiger partial charge in [0.25, 0.3) is 5.91 Å². The summed E-state index contributed by atoms with van der Waals surface area (Å²) in [6, 6.07) is -1.66. The maximum absolute atomic E-state index is 12.9. The Labute approximate surface area is 233 Å². The maximum atomic E-state index is 12.9. The number of nitrogens with zero attached hydrogens (tertiary/aromatic N) is 5. The van der Waals surface area contributed by atoms with Crippen LogP contribution in [0.15, 0.2) is 35.9 Å². The summed E-state index contributed by atoms with van der Waals surface area (Å²) < 4.78 is 13.1. The topological polar surface area (TPSA) is 166 Å². The van der Waals surface area contributed by atoms with E-state index >= 15 is 0 Å². The Morgan fingerprint density at radius 2 is 2.20 bits per heavy atom. The van der Waals surface area contributed by atoms with Gasteiger partial charge in [-0.05, 0) is 19.8 Å². The second-order valence-corrected chi connectivity index (χ2v) is 10.3. The number of anilines is 1. The molecule has 2 atom stereocenters. The van der Waals surface area contributed by atoms with E-state index in [4.69, 9.17) is 10.6 Å². The van der Waals surface area contributed by atoms with E-state index in [1.165, 1.54) is 33.4 Å². The molecule has 0 radical (unpaired) electrons. The number of rotatable bonds is 9. The molecule has 0 bridgehead atoms. The Morgan fingerprint density at radius 3 is 2.80 bits per heavy atom. The molecule has 4 rings (SSSR count). The van der Waals surface area contributed by atoms with Gasteiger partial charge in [0.2, 0.25) is 0 Å². The third-order valence-electron chi connectivity index (χ3n) is 4.92. The second kappa shape index (κ2) is 11.8. The van der Waals surface area contributed by atoms with Crippen LogP contribution in [0.1, 0.15) is 24.2 Å². The summed E-state index contributed by atoms with van der Waals surface area (Å²) in [5.74, 6) is -2.73. The van der Waals surface area contributed by atoms with Gasteiger partial charge in [-0.25, -0.2) is 19.2 Å². The number of β-lactam (4-membered cyclic amide) rings is 1. The number of amides is 1. The number of aliphatic carboxylic acids is 1. The predicted molar refractivity (Wildman–Crippen MR) is 123 cm³/mol. The molecule has 0 spiro atoms. The van der Waals surface area contributed by atoms with Crippen molar-refractivity contribution in [2.75, 3.05) is 19.0 Å². The van der Waals surface area contributed by atoms with E-state index in [1.807, 2.05) is 12.3 Å². The molecular formula is C19H18FN6NaO5S3. The van der Waals surface area contributed by atoms with Gasteiger partial charge in [0.05, 0.1) is 6.04 Å². The number of thiazole rings is 2. The second-order valence-electron chi connectivity index (χ2n) is 7.16. The van der Waals surface area contributed by atoms with E-state index in [2.05, 4.69) is 20.1 Å². The number of carboxylic acid groups (broad SMARTS) is 1. The van der Waals surface area contributed by atoms with E-state index in [-0.39, 0.29) is 58.4 Å². The van der Waals surface area contributed by atoms with Crippen molar-refractivity contribution < 1.29 is 58.6 Å². The maximum Gasteiger partial charge on any atom is 1.00 e. The number of hydrogen-bond donors (Lipinski definition) is 2. The first-order valence-corrected chi connectivity index (χ1v) is 12.5. The molecule has 16 heteroatoms. The number of oxime groups is 1. The van der Waals surface area contributed by atoms with Crippen LogP contribution in [0.5, 0.6) is 0 Å². The number of halogens is 1. The summed E-state index contributed by atoms with van der Waals surface area (Å²) in [7, 11) is 0. The van der Waals surface area contributed by atoms with Crippen molar-refractivity contribution in [3.05, 3.63) is 32.8 Å². The molecule has 1 fully saturated rings. The molecule has 1 amide bonds. The predicted octanol–water partition coefficient (Wildman–Crippen LogP) is -1.60. The molecule has 2 aromatic rings. The number of carbonyl (C=O) groups is 2. The summed E-state index contributed by atoms with van der Waals surface area (Å²) in [6.45, 7) is 0.651. The van der Waals surface area contributed by atoms with Gasteiger partial charge in [0.1, 0.15) is 36.4 Å². The van der Waals surface area contributed by atoms with Crippen molar-refractivity contribution >= 4 is 63.1 Å². The number of fused-ring (bicyclic) bond motifs is 1. The molecule has 1 saturated heterocycles. The van der Waals surface area contributed by atoms with Crippen LogP contribution >= 0.6 is 34.4 Å². The Morgan fingerprint density at radius 1 is 1.43 bits per heavy atom. The van der Waals surface area contributed by atoms with Crippen molar-refractivity contribution in [1.82, 2.24) is 14.9 Å². The number of aliphatic imine (C=N–C) groups is 1. The molecular weight excluding hydrogens is 530 g/mol. The zero-order chi connectivity index (χ0) is 24.4. The van der Waals surface area contributed by atoms with Crippen molar-refractivity contribution in [2.45, 2.75) is 36.2 Å². The van der Waals surface area contributed by atoms with E-state index < -0.39 is 36.5 Å². The van der Waals surface area contributed by atoms with E-state index in [0.717, 1.165) is 17.0 Å². The summed E-state index contributed by atoms with van der Waals surface area (Å²) in [4.78, 5) is 43.6. The number of carboxylic acids is 1. The summed E-state index contributed by atoms with van der Waals surface area (Å²) in [5.41, 5.74) is 6.10. The van der Waals surface area contributed by atoms with Gasteiger partial charge in [-0.15, -0.1) is 22.7 Å². The molecule has 0 unspecified atom stereocenters. The van der Waals surface area contributed by atoms with E-state index in [1.54, 1.807) is 0 Å². The van der Waals surface area contributed by atoms with Gasteiger partial charge in [0.15, 0.2) is 9.47 Å². The zero-order valence-electron chi connectivity index (χ0n) is 18.6. The largest absolute Gasteiger partial charge is 1.00 e. The summed E-state index contributed by atoms with van der Waals surface area (Å²) in [5, 5.41) is 29.8. The summed E-state index contributed by atoms with van der Waals surface area (Å²) >= 11 is 3.68. The number of aromatic nitrogens is 2. The van der Waals surface area contributed by atoms with Gasteiger partial charge in [-0.1, -0.05) is 16.9 Å². The van der Waals surface area contributed by atoms with Crippen LogP contribution in [0.3, 0.4) is 0 Å². The minimum Gasteiger partial charge on any atom is -0.857 e. The number of nitrogen functional groups attached to an aromatic ring is 1. The van der Waals surface area contributed by atoms with E-state index in [9.17, 15) is 24.2 Å². The average molecular weight is 549 g/mol. The van der Waals surface area contributed by atoms with Crippen LogP contribution < -0.4 is 40.4 Å². The van der Waals surface area contributed by atoms with Crippen LogP contribution in [-0.4, -0.2) is 68.8 Å². The van der Waals surface area contributed by atoms with Crippen LogP contribution in [-0.2, 0) is 14.4 Å². The molecule has 0 aromatic carbocycles. The first kappa shape index (κ1) is 27.5. The Kier molecular flexibility index (Phi) is 9.28. The number of thioether (sulfide) groups is 1. The van der Waals surface area contributed by atoms with Crippen molar-refractivity contribution in [1.29, 1.82) is 0 Å². The fourth-order valence-electron chi connectivity index (χ4n) is 3.50. The van der Waals surface area contributed by atoms with Gasteiger partial charge < -0.3 is 20.8 Å². The number of carbonyl (C=O) groups excluding carboxylic acids is 1. The van der Waals surface area contributed by atoms with Gasteiger partial charge in [-0.2, -0.15) is 0 Å². The minimum absolute atomic E-state index is 0. The van der Waals surface area contributed by atoms with Gasteiger partial charge in [-0.3, -0.25) is 14.7 Å². The molecule has 11 nitrogen and oxygen atoms in total. The molecule has 0 saturated carbocycles. The molecule has 3 N–H and O–H groups in total. The van der Waals surface area contributed by atoms with Gasteiger partial charge in [0, 0.05) is 27.3 Å². The Balaban J connectivity index is 0.00000342. The normalized spacial score (nSPS) is 20.3. The molecule has 180 valence electrons. The Hall–Kier alpha value is -2.04. The number of alkyl halides is 1. The van der Waals surface area contributed by atoms with Crippen LogP contribution in [0.2, 0.25) is 0 Å². The van der Waals surface area contributed by atoms with Crippen molar-refractivity contribution in [2.24, 2.45) is 10.1 Å². The third kappa shape index (κ3) is 5.86. The standard InChI is InChI=1S/C19H19FN6O5S3.Na/c1-8-6-33-19(22-8)34-11-3-2-10-13(16(28)26(10)14(11)17(29)30)24-15(27)12(25-31-5-4-20)9-7-32-18(21)23-9;/h6-7,10,13H,2-5H2,1H3,(H2,21,23)(H,24,27)(H,29,30);/q;+1/p-1/b25-12+;/t10-,13+;/m1./s1. The third-order valence-corrected chi connectivity index (χ3v) is 7.79. The molecule has 0 aliphatic carbocycles. The van der Waals surface area contributed by atoms with Crippen LogP contribution in [0.4, 0.5) is 9.52 Å².